The quantitative estimate of drug-likeness (QED) is 0.301. The van der Waals surface area contributed by atoms with Crippen LogP contribution in [0.25, 0.3) is 22.0 Å². The molecule has 0 saturated heterocycles. The normalized spacial score (nSPS) is 10.7. The SMILES string of the molecule is CCOC(=O)CCNc1ccc(-c2nn(Cc3ccc(C#N)cc3)c(=O)c3ccccc23)c(P)n1. The molecule has 0 spiro atoms. The number of hydrogen-bond donors (Lipinski definition) is 1. The molecule has 2 heterocycles. The predicted octanol–water partition coefficient (Wildman–Crippen LogP) is 3.24. The maximum atomic E-state index is 13.2. The van der Waals surface area contributed by atoms with Crippen molar-refractivity contribution in [2.75, 3.05) is 18.5 Å². The van der Waals surface area contributed by atoms with Crippen LogP contribution in [-0.2, 0) is 16.1 Å². The molecule has 8 nitrogen and oxygen atoms in total. The van der Waals surface area contributed by atoms with Crippen LogP contribution in [0.5, 0.6) is 0 Å². The molecule has 1 atom stereocenters. The smallest absolute Gasteiger partial charge is 0.307 e. The number of anilines is 1. The highest BCUT2D eigenvalue weighted by molar-refractivity contribution is 7.27. The number of nitrogens with one attached hydrogen (secondary N) is 1. The van der Waals surface area contributed by atoms with Crippen molar-refractivity contribution in [2.24, 2.45) is 0 Å². The summed E-state index contributed by atoms with van der Waals surface area (Å²) in [6, 6.07) is 20.3. The van der Waals surface area contributed by atoms with Crippen molar-refractivity contribution in [3.05, 3.63) is 82.1 Å². The highest BCUT2D eigenvalue weighted by atomic mass is 31.0. The average Bonchev–Trinajstić information content (AvgIpc) is 2.87. The summed E-state index contributed by atoms with van der Waals surface area (Å²) < 4.78 is 6.38. The van der Waals surface area contributed by atoms with Crippen molar-refractivity contribution in [1.29, 1.82) is 5.26 Å². The van der Waals surface area contributed by atoms with Gasteiger partial charge in [0.05, 0.1) is 42.0 Å². The van der Waals surface area contributed by atoms with Crippen molar-refractivity contribution >= 4 is 37.2 Å². The van der Waals surface area contributed by atoms with Gasteiger partial charge in [-0.25, -0.2) is 9.67 Å². The second kappa shape index (κ2) is 10.9. The van der Waals surface area contributed by atoms with Crippen LogP contribution in [0.15, 0.2) is 65.5 Å². The number of hydrogen-bond acceptors (Lipinski definition) is 7. The summed E-state index contributed by atoms with van der Waals surface area (Å²) >= 11 is 0. The zero-order valence-corrected chi connectivity index (χ0v) is 20.3. The van der Waals surface area contributed by atoms with E-state index in [1.54, 1.807) is 25.1 Å². The number of esters is 1. The minimum Gasteiger partial charge on any atom is -0.466 e. The third kappa shape index (κ3) is 5.53. The average molecular weight is 485 g/mol. The van der Waals surface area contributed by atoms with E-state index >= 15 is 0 Å². The Bertz CT molecular complexity index is 1480. The third-order valence-corrected chi connectivity index (χ3v) is 5.84. The van der Waals surface area contributed by atoms with Gasteiger partial charge in [0, 0.05) is 17.5 Å². The summed E-state index contributed by atoms with van der Waals surface area (Å²) in [7, 11) is 2.62. The van der Waals surface area contributed by atoms with Gasteiger partial charge in [-0.3, -0.25) is 9.59 Å². The maximum absolute atomic E-state index is 13.2. The monoisotopic (exact) mass is 485 g/mol. The first-order chi connectivity index (χ1) is 17.0. The molecule has 1 N–H and O–H groups in total. The standard InChI is InChI=1S/C26H24N5O3P/c1-2-34-23(32)13-14-28-22-12-11-21(25(35)29-22)24-19-5-3-4-6-20(19)26(33)31(30-24)16-18-9-7-17(15-27)8-10-18/h3-12H,2,13-14,16,35H2,1H3,(H,28,29). The molecular weight excluding hydrogens is 461 g/mol. The first kappa shape index (κ1) is 24.1. The van der Waals surface area contributed by atoms with Crippen LogP contribution in [0.2, 0.25) is 0 Å². The van der Waals surface area contributed by atoms with E-state index < -0.39 is 0 Å². The molecule has 0 amide bonds. The van der Waals surface area contributed by atoms with Gasteiger partial charge in [0.1, 0.15) is 11.5 Å². The fraction of sp³-hybridized carbons (Fsp3) is 0.192. The Balaban J connectivity index is 1.67. The second-order valence-corrected chi connectivity index (χ2v) is 8.32. The number of carbonyl (C=O) groups excluding carboxylic acids is 1. The molecule has 0 fully saturated rings. The zero-order valence-electron chi connectivity index (χ0n) is 19.2. The first-order valence-corrected chi connectivity index (χ1v) is 11.7. The Morgan fingerprint density at radius 3 is 2.54 bits per heavy atom. The fourth-order valence-electron chi connectivity index (χ4n) is 3.70. The van der Waals surface area contributed by atoms with Crippen molar-refractivity contribution in [3.63, 3.8) is 0 Å². The summed E-state index contributed by atoms with van der Waals surface area (Å²) in [5, 5.41) is 18.2. The van der Waals surface area contributed by atoms with Crippen LogP contribution < -0.4 is 16.3 Å². The molecule has 176 valence electrons. The molecule has 0 bridgehead atoms. The molecule has 4 aromatic rings. The summed E-state index contributed by atoms with van der Waals surface area (Å²) in [6.45, 7) is 2.81. The largest absolute Gasteiger partial charge is 0.466 e. The Kier molecular flexibility index (Phi) is 7.49. The van der Waals surface area contributed by atoms with Gasteiger partial charge in [-0.05, 0) is 42.8 Å². The number of nitriles is 1. The number of pyridine rings is 1. The zero-order chi connectivity index (χ0) is 24.8. The molecule has 35 heavy (non-hydrogen) atoms. The first-order valence-electron chi connectivity index (χ1n) is 11.2. The number of fused-ring (bicyclic) bond motifs is 1. The van der Waals surface area contributed by atoms with Crippen molar-refractivity contribution in [3.8, 4) is 17.3 Å². The van der Waals surface area contributed by atoms with E-state index in [4.69, 9.17) is 15.1 Å². The molecule has 0 aliphatic heterocycles. The lowest BCUT2D eigenvalue weighted by Gasteiger charge is -2.14. The third-order valence-electron chi connectivity index (χ3n) is 5.40. The molecule has 2 aromatic carbocycles. The van der Waals surface area contributed by atoms with Gasteiger partial charge >= 0.3 is 5.97 Å². The van der Waals surface area contributed by atoms with Crippen LogP contribution in [0.1, 0.15) is 24.5 Å². The number of benzene rings is 2. The lowest BCUT2D eigenvalue weighted by molar-refractivity contribution is -0.142. The number of nitrogens with zero attached hydrogens (tertiary/aromatic N) is 4. The van der Waals surface area contributed by atoms with Crippen LogP contribution in [0, 0.1) is 11.3 Å². The van der Waals surface area contributed by atoms with Gasteiger partial charge in [0.15, 0.2) is 0 Å². The highest BCUT2D eigenvalue weighted by Crippen LogP contribution is 2.25. The number of ether oxygens (including phenoxy) is 1. The molecule has 0 saturated carbocycles. The van der Waals surface area contributed by atoms with E-state index in [0.717, 1.165) is 16.5 Å². The van der Waals surface area contributed by atoms with Crippen molar-refractivity contribution in [1.82, 2.24) is 14.8 Å². The van der Waals surface area contributed by atoms with E-state index in [-0.39, 0.29) is 24.5 Å². The highest BCUT2D eigenvalue weighted by Gasteiger charge is 2.15. The van der Waals surface area contributed by atoms with E-state index in [2.05, 4.69) is 25.6 Å². The summed E-state index contributed by atoms with van der Waals surface area (Å²) in [6.07, 6.45) is 0.246. The van der Waals surface area contributed by atoms with Crippen LogP contribution in [0.4, 0.5) is 5.82 Å². The Hall–Kier alpha value is -4.08. The molecule has 0 radical (unpaired) electrons. The number of aromatic nitrogens is 3. The van der Waals surface area contributed by atoms with Gasteiger partial charge < -0.3 is 10.1 Å². The molecule has 0 aliphatic carbocycles. The van der Waals surface area contributed by atoms with Crippen LogP contribution in [0.3, 0.4) is 0 Å². The number of rotatable bonds is 8. The van der Waals surface area contributed by atoms with Crippen molar-refractivity contribution in [2.45, 2.75) is 19.9 Å². The second-order valence-electron chi connectivity index (χ2n) is 7.78. The van der Waals surface area contributed by atoms with E-state index in [9.17, 15) is 9.59 Å². The summed E-state index contributed by atoms with van der Waals surface area (Å²) in [5.74, 6) is 0.362. The molecule has 2 aromatic heterocycles. The van der Waals surface area contributed by atoms with Gasteiger partial charge in [0.2, 0.25) is 0 Å². The minimum absolute atomic E-state index is 0.191. The number of carbonyl (C=O) groups is 1. The topological polar surface area (TPSA) is 110 Å². The van der Waals surface area contributed by atoms with Gasteiger partial charge in [0.25, 0.3) is 5.56 Å². The molecule has 0 aliphatic rings. The van der Waals surface area contributed by atoms with E-state index in [1.807, 2.05) is 42.5 Å². The maximum Gasteiger partial charge on any atom is 0.307 e. The van der Waals surface area contributed by atoms with Crippen molar-refractivity contribution < 1.29 is 9.53 Å². The van der Waals surface area contributed by atoms with Gasteiger partial charge in [-0.1, -0.05) is 39.6 Å². The molecule has 1 unspecified atom stereocenters. The van der Waals surface area contributed by atoms with E-state index in [1.165, 1.54) is 4.68 Å². The minimum atomic E-state index is -0.261. The van der Waals surface area contributed by atoms with Gasteiger partial charge in [-0.2, -0.15) is 10.4 Å². The summed E-state index contributed by atoms with van der Waals surface area (Å²) in [4.78, 5) is 29.3. The Morgan fingerprint density at radius 2 is 1.86 bits per heavy atom. The fourth-order valence-corrected chi connectivity index (χ4v) is 4.07. The Labute approximate surface area is 204 Å². The predicted molar refractivity (Wildman–Crippen MR) is 139 cm³/mol. The lowest BCUT2D eigenvalue weighted by atomic mass is 10.1. The van der Waals surface area contributed by atoms with Crippen LogP contribution in [-0.4, -0.2) is 33.9 Å². The lowest BCUT2D eigenvalue weighted by Crippen LogP contribution is -2.25. The molecule has 4 rings (SSSR count). The van der Waals surface area contributed by atoms with E-state index in [0.29, 0.717) is 41.0 Å². The summed E-state index contributed by atoms with van der Waals surface area (Å²) in [5.41, 5.74) is 3.31. The molecule has 9 heteroatoms. The van der Waals surface area contributed by atoms with Gasteiger partial charge in [-0.15, -0.1) is 0 Å². The van der Waals surface area contributed by atoms with Crippen LogP contribution >= 0.6 is 9.24 Å². The Morgan fingerprint density at radius 1 is 1.11 bits per heavy atom. The molecular formula is C26H24N5O3P.